The van der Waals surface area contributed by atoms with E-state index in [1.54, 1.807) is 0 Å². The van der Waals surface area contributed by atoms with Gasteiger partial charge in [0.05, 0.1) is 5.54 Å². The molecule has 0 spiro atoms. The molecule has 0 atom stereocenters. The normalized spacial score (nSPS) is 16.9. The smallest absolute Gasteiger partial charge is 0.183 e. The van der Waals surface area contributed by atoms with Gasteiger partial charge in [0, 0.05) is 6.42 Å². The Labute approximate surface area is 150 Å². The third-order valence-corrected chi connectivity index (χ3v) is 4.47. The lowest BCUT2D eigenvalue weighted by Crippen LogP contribution is -2.17. The fourth-order valence-electron chi connectivity index (χ4n) is 3.03. The SMILES string of the molecule is C/C=C/C=C/CCCCCCCCCCCCC1=NC(C)(C)CO1. The van der Waals surface area contributed by atoms with Gasteiger partial charge in [-0.25, -0.2) is 4.99 Å². The molecule has 0 aromatic carbocycles. The van der Waals surface area contributed by atoms with Crippen molar-refractivity contribution in [3.63, 3.8) is 0 Å². The Hall–Kier alpha value is -1.05. The van der Waals surface area contributed by atoms with Gasteiger partial charge in [0.1, 0.15) is 6.61 Å². The molecule has 1 heterocycles. The lowest BCUT2D eigenvalue weighted by molar-refractivity contribution is 0.273. The van der Waals surface area contributed by atoms with Crippen LogP contribution in [0.5, 0.6) is 0 Å². The van der Waals surface area contributed by atoms with Crippen LogP contribution in [0.3, 0.4) is 0 Å². The van der Waals surface area contributed by atoms with E-state index in [2.05, 4.69) is 50.1 Å². The zero-order valence-corrected chi connectivity index (χ0v) is 16.4. The first-order valence-electron chi connectivity index (χ1n) is 10.1. The van der Waals surface area contributed by atoms with E-state index in [1.165, 1.54) is 70.6 Å². The first-order chi connectivity index (χ1) is 11.6. The van der Waals surface area contributed by atoms with Crippen LogP contribution in [0, 0.1) is 0 Å². The molecule has 0 fully saturated rings. The van der Waals surface area contributed by atoms with Gasteiger partial charge in [0.15, 0.2) is 5.90 Å². The van der Waals surface area contributed by atoms with Crippen LogP contribution in [0.15, 0.2) is 29.3 Å². The van der Waals surface area contributed by atoms with Crippen LogP contribution in [-0.4, -0.2) is 18.0 Å². The van der Waals surface area contributed by atoms with Gasteiger partial charge < -0.3 is 4.74 Å². The first kappa shape index (κ1) is 21.0. The number of rotatable bonds is 14. The van der Waals surface area contributed by atoms with Gasteiger partial charge in [-0.05, 0) is 40.0 Å². The number of hydrogen-bond donors (Lipinski definition) is 0. The molecule has 0 radical (unpaired) electrons. The number of ether oxygens (including phenoxy) is 1. The lowest BCUT2D eigenvalue weighted by Gasteiger charge is -2.07. The van der Waals surface area contributed by atoms with Gasteiger partial charge in [0.2, 0.25) is 0 Å². The number of unbranched alkanes of at least 4 members (excludes halogenated alkanes) is 10. The summed E-state index contributed by atoms with van der Waals surface area (Å²) in [4.78, 5) is 4.61. The van der Waals surface area contributed by atoms with E-state index in [1.807, 2.05) is 0 Å². The van der Waals surface area contributed by atoms with Gasteiger partial charge in [-0.1, -0.05) is 75.7 Å². The molecule has 138 valence electrons. The minimum atomic E-state index is 0.0121. The molecular formula is C22H39NO. The van der Waals surface area contributed by atoms with Crippen LogP contribution >= 0.6 is 0 Å². The van der Waals surface area contributed by atoms with Gasteiger partial charge >= 0.3 is 0 Å². The summed E-state index contributed by atoms with van der Waals surface area (Å²) in [5, 5.41) is 0. The predicted molar refractivity (Wildman–Crippen MR) is 107 cm³/mol. The van der Waals surface area contributed by atoms with Crippen molar-refractivity contribution in [2.75, 3.05) is 6.61 Å². The van der Waals surface area contributed by atoms with Crippen molar-refractivity contribution in [2.24, 2.45) is 4.99 Å². The molecular weight excluding hydrogens is 294 g/mol. The number of hydrogen-bond acceptors (Lipinski definition) is 2. The van der Waals surface area contributed by atoms with E-state index < -0.39 is 0 Å². The molecule has 1 aliphatic rings. The summed E-state index contributed by atoms with van der Waals surface area (Å²) in [6, 6.07) is 0. The van der Waals surface area contributed by atoms with Gasteiger partial charge in [-0.15, -0.1) is 0 Å². The molecule has 1 aliphatic heterocycles. The van der Waals surface area contributed by atoms with Crippen LogP contribution in [0.2, 0.25) is 0 Å². The molecule has 0 saturated heterocycles. The highest BCUT2D eigenvalue weighted by atomic mass is 16.5. The third-order valence-electron chi connectivity index (χ3n) is 4.47. The molecule has 0 aromatic heterocycles. The summed E-state index contributed by atoms with van der Waals surface area (Å²) in [5.41, 5.74) is 0.0121. The summed E-state index contributed by atoms with van der Waals surface area (Å²) in [6.45, 7) is 7.10. The van der Waals surface area contributed by atoms with E-state index in [0.717, 1.165) is 18.9 Å². The maximum Gasteiger partial charge on any atom is 0.183 e. The Morgan fingerprint density at radius 2 is 1.46 bits per heavy atom. The van der Waals surface area contributed by atoms with Crippen molar-refractivity contribution in [3.05, 3.63) is 24.3 Å². The molecule has 0 aromatic rings. The molecule has 0 bridgehead atoms. The Morgan fingerprint density at radius 1 is 0.875 bits per heavy atom. The Morgan fingerprint density at radius 3 is 2.00 bits per heavy atom. The Bertz CT molecular complexity index is 393. The highest BCUT2D eigenvalue weighted by molar-refractivity contribution is 5.78. The number of nitrogens with zero attached hydrogens (tertiary/aromatic N) is 1. The van der Waals surface area contributed by atoms with E-state index in [9.17, 15) is 0 Å². The van der Waals surface area contributed by atoms with Gasteiger partial charge in [0.25, 0.3) is 0 Å². The van der Waals surface area contributed by atoms with Crippen molar-refractivity contribution in [2.45, 2.75) is 103 Å². The topological polar surface area (TPSA) is 21.6 Å². The highest BCUT2D eigenvalue weighted by Crippen LogP contribution is 2.20. The largest absolute Gasteiger partial charge is 0.478 e. The van der Waals surface area contributed by atoms with Crippen molar-refractivity contribution in [1.29, 1.82) is 0 Å². The fraction of sp³-hybridized carbons (Fsp3) is 0.773. The van der Waals surface area contributed by atoms with E-state index in [4.69, 9.17) is 4.74 Å². The van der Waals surface area contributed by atoms with Crippen molar-refractivity contribution < 1.29 is 4.74 Å². The Kier molecular flexibility index (Phi) is 11.6. The maximum absolute atomic E-state index is 5.63. The summed E-state index contributed by atoms with van der Waals surface area (Å²) < 4.78 is 5.63. The predicted octanol–water partition coefficient (Wildman–Crippen LogP) is 7.01. The quantitative estimate of drug-likeness (QED) is 0.247. The van der Waals surface area contributed by atoms with Crippen LogP contribution in [-0.2, 0) is 4.74 Å². The van der Waals surface area contributed by atoms with E-state index in [0.29, 0.717) is 0 Å². The van der Waals surface area contributed by atoms with Gasteiger partial charge in [-0.2, -0.15) is 0 Å². The van der Waals surface area contributed by atoms with Crippen LogP contribution in [0.4, 0.5) is 0 Å². The van der Waals surface area contributed by atoms with Crippen LogP contribution < -0.4 is 0 Å². The highest BCUT2D eigenvalue weighted by Gasteiger charge is 2.25. The standard InChI is InChI=1S/C22H39NO/c1-4-5-6-7-8-9-10-11-12-13-14-15-16-17-18-19-21-23-22(2,3)20-24-21/h4-7H,8-20H2,1-3H3/b5-4+,7-6+. The summed E-state index contributed by atoms with van der Waals surface area (Å²) in [6.07, 6.45) is 24.6. The average Bonchev–Trinajstić information content (AvgIpc) is 2.90. The second kappa shape index (κ2) is 13.3. The number of aliphatic imine (C=N–C) groups is 1. The zero-order chi connectivity index (χ0) is 17.5. The van der Waals surface area contributed by atoms with Crippen molar-refractivity contribution in [1.82, 2.24) is 0 Å². The third kappa shape index (κ3) is 11.5. The monoisotopic (exact) mass is 333 g/mol. The molecule has 0 amide bonds. The average molecular weight is 334 g/mol. The van der Waals surface area contributed by atoms with Gasteiger partial charge in [-0.3, -0.25) is 0 Å². The second-order valence-electron chi connectivity index (χ2n) is 7.63. The summed E-state index contributed by atoms with van der Waals surface area (Å²) in [5.74, 6) is 0.987. The van der Waals surface area contributed by atoms with E-state index in [-0.39, 0.29) is 5.54 Å². The van der Waals surface area contributed by atoms with Crippen LogP contribution in [0.1, 0.15) is 97.8 Å². The fourth-order valence-corrected chi connectivity index (χ4v) is 3.03. The molecule has 2 nitrogen and oxygen atoms in total. The molecule has 1 rings (SSSR count). The molecule has 0 unspecified atom stereocenters. The molecule has 2 heteroatoms. The minimum Gasteiger partial charge on any atom is -0.478 e. The summed E-state index contributed by atoms with van der Waals surface area (Å²) >= 11 is 0. The molecule has 0 N–H and O–H groups in total. The van der Waals surface area contributed by atoms with Crippen LogP contribution in [0.25, 0.3) is 0 Å². The molecule has 0 saturated carbocycles. The maximum atomic E-state index is 5.63. The molecule has 24 heavy (non-hydrogen) atoms. The zero-order valence-electron chi connectivity index (χ0n) is 16.4. The number of allylic oxidation sites excluding steroid dienone is 4. The van der Waals surface area contributed by atoms with Crippen molar-refractivity contribution in [3.8, 4) is 0 Å². The minimum absolute atomic E-state index is 0.0121. The Balaban J connectivity index is 1.78. The second-order valence-corrected chi connectivity index (χ2v) is 7.63. The van der Waals surface area contributed by atoms with E-state index >= 15 is 0 Å². The lowest BCUT2D eigenvalue weighted by atomic mass is 10.0. The first-order valence-corrected chi connectivity index (χ1v) is 10.1. The summed E-state index contributed by atoms with van der Waals surface area (Å²) in [7, 11) is 0. The van der Waals surface area contributed by atoms with Crippen molar-refractivity contribution >= 4 is 5.90 Å². The molecule has 0 aliphatic carbocycles.